The number of carbonyl (C=O) groups excluding carboxylic acids is 1. The van der Waals surface area contributed by atoms with E-state index in [2.05, 4.69) is 5.32 Å². The Morgan fingerprint density at radius 1 is 1.44 bits per heavy atom. The molecule has 1 unspecified atom stereocenters. The van der Waals surface area contributed by atoms with Crippen molar-refractivity contribution in [3.05, 3.63) is 34.9 Å². The van der Waals surface area contributed by atoms with Crippen molar-refractivity contribution in [2.24, 2.45) is 0 Å². The van der Waals surface area contributed by atoms with Gasteiger partial charge in [0.15, 0.2) is 0 Å². The topological polar surface area (TPSA) is 69.6 Å². The molecule has 5 nitrogen and oxygen atoms in total. The van der Waals surface area contributed by atoms with Crippen LogP contribution >= 0.6 is 11.6 Å². The summed E-state index contributed by atoms with van der Waals surface area (Å²) < 4.78 is 0. The minimum absolute atomic E-state index is 0.259. The van der Waals surface area contributed by atoms with Crippen LogP contribution in [-0.4, -0.2) is 35.1 Å². The molecular formula is C12H15ClN2O3. The minimum Gasteiger partial charge on any atom is -0.480 e. The second-order valence-corrected chi connectivity index (χ2v) is 4.28. The van der Waals surface area contributed by atoms with E-state index in [0.29, 0.717) is 5.02 Å². The van der Waals surface area contributed by atoms with Crippen LogP contribution in [0.2, 0.25) is 5.02 Å². The first-order valence-electron chi connectivity index (χ1n) is 5.40. The monoisotopic (exact) mass is 270 g/mol. The fraction of sp³-hybridized carbons (Fsp3) is 0.333. The summed E-state index contributed by atoms with van der Waals surface area (Å²) in [5.74, 6) is -1.05. The summed E-state index contributed by atoms with van der Waals surface area (Å²) in [5.41, 5.74) is 0.781. The average molecular weight is 271 g/mol. The van der Waals surface area contributed by atoms with E-state index in [9.17, 15) is 9.59 Å². The molecule has 1 aromatic rings. The third-order valence-electron chi connectivity index (χ3n) is 2.65. The number of hydrogen-bond acceptors (Lipinski definition) is 2. The minimum atomic E-state index is -1.05. The zero-order valence-corrected chi connectivity index (χ0v) is 10.9. The number of halogens is 1. The van der Waals surface area contributed by atoms with E-state index >= 15 is 0 Å². The highest BCUT2D eigenvalue weighted by Gasteiger charge is 2.21. The second kappa shape index (κ2) is 6.26. The zero-order valence-electron chi connectivity index (χ0n) is 10.2. The Labute approximate surface area is 110 Å². The fourth-order valence-corrected chi connectivity index (χ4v) is 1.48. The van der Waals surface area contributed by atoms with Gasteiger partial charge in [-0.1, -0.05) is 29.8 Å². The van der Waals surface area contributed by atoms with Crippen molar-refractivity contribution < 1.29 is 14.7 Å². The van der Waals surface area contributed by atoms with Gasteiger partial charge in [-0.3, -0.25) is 0 Å². The number of rotatable bonds is 4. The van der Waals surface area contributed by atoms with Crippen molar-refractivity contribution in [3.63, 3.8) is 0 Å². The van der Waals surface area contributed by atoms with Crippen LogP contribution in [0.3, 0.4) is 0 Å². The van der Waals surface area contributed by atoms with E-state index in [1.165, 1.54) is 14.0 Å². The number of likely N-dealkylation sites (N-methyl/N-ethyl adjacent to an activating group) is 1. The Balaban J connectivity index is 2.56. The van der Waals surface area contributed by atoms with Gasteiger partial charge in [-0.15, -0.1) is 0 Å². The number of urea groups is 1. The summed E-state index contributed by atoms with van der Waals surface area (Å²) in [6, 6.07) is 5.81. The number of amides is 2. The molecule has 6 heteroatoms. The summed E-state index contributed by atoms with van der Waals surface area (Å²) in [7, 11) is 1.43. The molecule has 2 N–H and O–H groups in total. The van der Waals surface area contributed by atoms with Crippen LogP contribution in [0.1, 0.15) is 12.5 Å². The van der Waals surface area contributed by atoms with Crippen molar-refractivity contribution >= 4 is 23.6 Å². The Bertz CT molecular complexity index is 451. The molecule has 0 aliphatic rings. The molecule has 0 heterocycles. The predicted octanol–water partition coefficient (Wildman–Crippen LogP) is 1.95. The van der Waals surface area contributed by atoms with Gasteiger partial charge in [0.25, 0.3) is 0 Å². The first kappa shape index (κ1) is 14.3. The van der Waals surface area contributed by atoms with Crippen molar-refractivity contribution in [3.8, 4) is 0 Å². The summed E-state index contributed by atoms with van der Waals surface area (Å²) in [4.78, 5) is 23.5. The number of aliphatic carboxylic acids is 1. The van der Waals surface area contributed by atoms with Crippen LogP contribution in [-0.2, 0) is 11.3 Å². The van der Waals surface area contributed by atoms with Gasteiger partial charge in [-0.25, -0.2) is 9.59 Å². The molecule has 0 saturated carbocycles. The lowest BCUT2D eigenvalue weighted by atomic mass is 10.2. The maximum atomic E-state index is 11.7. The molecule has 0 radical (unpaired) electrons. The number of nitrogens with one attached hydrogen (secondary N) is 1. The van der Waals surface area contributed by atoms with Gasteiger partial charge in [0.2, 0.25) is 0 Å². The third-order valence-corrected chi connectivity index (χ3v) is 3.02. The van der Waals surface area contributed by atoms with E-state index in [1.54, 1.807) is 18.2 Å². The largest absolute Gasteiger partial charge is 0.480 e. The first-order valence-corrected chi connectivity index (χ1v) is 5.78. The number of hydrogen-bond donors (Lipinski definition) is 2. The van der Waals surface area contributed by atoms with Gasteiger partial charge in [0, 0.05) is 18.6 Å². The summed E-state index contributed by atoms with van der Waals surface area (Å²) in [5, 5.41) is 12.0. The van der Waals surface area contributed by atoms with E-state index in [1.807, 2.05) is 6.07 Å². The van der Waals surface area contributed by atoms with Gasteiger partial charge >= 0.3 is 12.0 Å². The smallest absolute Gasteiger partial charge is 0.326 e. The van der Waals surface area contributed by atoms with Crippen LogP contribution < -0.4 is 5.32 Å². The molecule has 0 aromatic heterocycles. The predicted molar refractivity (Wildman–Crippen MR) is 68.5 cm³/mol. The van der Waals surface area contributed by atoms with Crippen molar-refractivity contribution in [2.75, 3.05) is 7.05 Å². The molecule has 0 aliphatic heterocycles. The highest BCUT2D eigenvalue weighted by atomic mass is 35.5. The van der Waals surface area contributed by atoms with Gasteiger partial charge in [-0.2, -0.15) is 0 Å². The maximum Gasteiger partial charge on any atom is 0.326 e. The van der Waals surface area contributed by atoms with Crippen LogP contribution in [0.4, 0.5) is 4.79 Å². The molecule has 1 aromatic carbocycles. The lowest BCUT2D eigenvalue weighted by Gasteiger charge is -2.21. The summed E-state index contributed by atoms with van der Waals surface area (Å²) in [6.45, 7) is 1.70. The third kappa shape index (κ3) is 3.63. The highest BCUT2D eigenvalue weighted by molar-refractivity contribution is 6.31. The van der Waals surface area contributed by atoms with E-state index in [4.69, 9.17) is 16.7 Å². The molecule has 1 atom stereocenters. The van der Waals surface area contributed by atoms with E-state index in [-0.39, 0.29) is 6.54 Å². The van der Waals surface area contributed by atoms with Crippen molar-refractivity contribution in [1.82, 2.24) is 10.2 Å². The molecule has 0 aliphatic carbocycles. The number of carboxylic acids is 1. The van der Waals surface area contributed by atoms with Crippen molar-refractivity contribution in [2.45, 2.75) is 19.5 Å². The molecule has 0 saturated heterocycles. The number of benzene rings is 1. The van der Waals surface area contributed by atoms with E-state index < -0.39 is 18.0 Å². The fourth-order valence-electron chi connectivity index (χ4n) is 1.28. The first-order chi connectivity index (χ1) is 8.43. The SMILES string of the molecule is CC(C(=O)O)N(C)C(=O)NCc1ccccc1Cl. The Kier molecular flexibility index (Phi) is 4.97. The molecule has 2 amide bonds. The van der Waals surface area contributed by atoms with Gasteiger partial charge in [0.1, 0.15) is 6.04 Å². The Morgan fingerprint density at radius 3 is 2.61 bits per heavy atom. The van der Waals surface area contributed by atoms with Gasteiger partial charge < -0.3 is 15.3 Å². The molecule has 1 rings (SSSR count). The second-order valence-electron chi connectivity index (χ2n) is 3.88. The normalized spacial score (nSPS) is 11.7. The number of nitrogens with zero attached hydrogens (tertiary/aromatic N) is 1. The van der Waals surface area contributed by atoms with Gasteiger partial charge in [0.05, 0.1) is 0 Å². The molecule has 0 bridgehead atoms. The van der Waals surface area contributed by atoms with Crippen molar-refractivity contribution in [1.29, 1.82) is 0 Å². The van der Waals surface area contributed by atoms with Crippen LogP contribution in [0.5, 0.6) is 0 Å². The highest BCUT2D eigenvalue weighted by Crippen LogP contribution is 2.14. The average Bonchev–Trinajstić information content (AvgIpc) is 2.35. The molecule has 98 valence electrons. The molecule has 0 fully saturated rings. The zero-order chi connectivity index (χ0) is 13.7. The maximum absolute atomic E-state index is 11.7. The summed E-state index contributed by atoms with van der Waals surface area (Å²) in [6.07, 6.45) is 0. The summed E-state index contributed by atoms with van der Waals surface area (Å²) >= 11 is 5.94. The van der Waals surface area contributed by atoms with Crippen LogP contribution in [0.15, 0.2) is 24.3 Å². The molecular weight excluding hydrogens is 256 g/mol. The number of carbonyl (C=O) groups is 2. The lowest BCUT2D eigenvalue weighted by Crippen LogP contribution is -2.45. The molecule has 18 heavy (non-hydrogen) atoms. The van der Waals surface area contributed by atoms with Crippen LogP contribution in [0, 0.1) is 0 Å². The standard InChI is InChI=1S/C12H15ClN2O3/c1-8(11(16)17)15(2)12(18)14-7-9-5-3-4-6-10(9)13/h3-6,8H,7H2,1-2H3,(H,14,18)(H,16,17). The van der Waals surface area contributed by atoms with E-state index in [0.717, 1.165) is 10.5 Å². The van der Waals surface area contributed by atoms with Crippen LogP contribution in [0.25, 0.3) is 0 Å². The Morgan fingerprint density at radius 2 is 2.06 bits per heavy atom. The quantitative estimate of drug-likeness (QED) is 0.879. The molecule has 0 spiro atoms. The number of carboxylic acid groups (broad SMARTS) is 1. The lowest BCUT2D eigenvalue weighted by molar-refractivity contribution is -0.141. The van der Waals surface area contributed by atoms with Gasteiger partial charge in [-0.05, 0) is 18.6 Å². The Hall–Kier alpha value is -1.75.